The second-order valence-corrected chi connectivity index (χ2v) is 6.26. The van der Waals surface area contributed by atoms with Crippen molar-refractivity contribution < 1.29 is 9.53 Å². The Morgan fingerprint density at radius 1 is 1.09 bits per heavy atom. The molecule has 0 aliphatic carbocycles. The van der Waals surface area contributed by atoms with Gasteiger partial charge in [0, 0.05) is 22.8 Å². The predicted molar refractivity (Wildman–Crippen MR) is 92.9 cm³/mol. The fourth-order valence-corrected chi connectivity index (χ4v) is 3.00. The summed E-state index contributed by atoms with van der Waals surface area (Å²) in [6, 6.07) is 13.9. The van der Waals surface area contributed by atoms with Crippen LogP contribution >= 0.6 is 11.8 Å². The Hall–Kier alpha value is -1.94. The van der Waals surface area contributed by atoms with Crippen LogP contribution < -0.4 is 10.1 Å². The van der Waals surface area contributed by atoms with E-state index in [2.05, 4.69) is 5.32 Å². The van der Waals surface area contributed by atoms with Crippen molar-refractivity contribution in [1.29, 1.82) is 0 Å². The van der Waals surface area contributed by atoms with Crippen molar-refractivity contribution >= 4 is 23.4 Å². The first-order chi connectivity index (χ1) is 10.6. The van der Waals surface area contributed by atoms with Gasteiger partial charge >= 0.3 is 0 Å². The number of amides is 1. The summed E-state index contributed by atoms with van der Waals surface area (Å²) in [5.74, 6) is 1.65. The molecule has 0 aliphatic heterocycles. The summed E-state index contributed by atoms with van der Waals surface area (Å²) < 4.78 is 5.13. The summed E-state index contributed by atoms with van der Waals surface area (Å²) in [7, 11) is 1.65. The van der Waals surface area contributed by atoms with Gasteiger partial charge in [-0.2, -0.15) is 0 Å². The monoisotopic (exact) mass is 315 g/mol. The van der Waals surface area contributed by atoms with Crippen LogP contribution in [0.2, 0.25) is 0 Å². The highest BCUT2D eigenvalue weighted by Crippen LogP contribution is 2.23. The molecule has 4 heteroatoms. The average molecular weight is 315 g/mol. The Labute approximate surface area is 136 Å². The Bertz CT molecular complexity index is 618. The number of aryl methyl sites for hydroxylation is 2. The summed E-state index contributed by atoms with van der Waals surface area (Å²) in [5.41, 5.74) is 3.12. The molecule has 0 unspecified atom stereocenters. The molecule has 0 saturated heterocycles. The molecular weight excluding hydrogens is 294 g/mol. The van der Waals surface area contributed by atoms with Gasteiger partial charge in [0.25, 0.3) is 0 Å². The van der Waals surface area contributed by atoms with Crippen LogP contribution in [0.15, 0.2) is 47.4 Å². The maximum absolute atomic E-state index is 12.1. The van der Waals surface area contributed by atoms with Crippen LogP contribution in [-0.2, 0) is 4.79 Å². The Morgan fingerprint density at radius 2 is 1.73 bits per heavy atom. The third kappa shape index (κ3) is 4.53. The van der Waals surface area contributed by atoms with Crippen LogP contribution in [0.25, 0.3) is 0 Å². The number of hydrogen-bond donors (Lipinski definition) is 1. The number of para-hydroxylation sites is 1. The van der Waals surface area contributed by atoms with Crippen LogP contribution in [0.1, 0.15) is 17.5 Å². The second kappa shape index (κ2) is 7.90. The van der Waals surface area contributed by atoms with Crippen LogP contribution in [-0.4, -0.2) is 18.8 Å². The molecule has 0 atom stereocenters. The van der Waals surface area contributed by atoms with Crippen LogP contribution in [0, 0.1) is 13.8 Å². The third-order valence-electron chi connectivity index (χ3n) is 3.40. The van der Waals surface area contributed by atoms with E-state index < -0.39 is 0 Å². The molecule has 116 valence electrons. The van der Waals surface area contributed by atoms with Gasteiger partial charge in [-0.1, -0.05) is 18.2 Å². The quantitative estimate of drug-likeness (QED) is 0.801. The van der Waals surface area contributed by atoms with Gasteiger partial charge in [-0.05, 0) is 49.2 Å². The first-order valence-electron chi connectivity index (χ1n) is 7.23. The fourth-order valence-electron chi connectivity index (χ4n) is 2.15. The highest BCUT2D eigenvalue weighted by Gasteiger charge is 2.07. The van der Waals surface area contributed by atoms with E-state index in [4.69, 9.17) is 4.74 Å². The number of thioether (sulfide) groups is 1. The zero-order chi connectivity index (χ0) is 15.9. The average Bonchev–Trinajstić information content (AvgIpc) is 2.52. The minimum Gasteiger partial charge on any atom is -0.497 e. The van der Waals surface area contributed by atoms with Crippen molar-refractivity contribution in [3.05, 3.63) is 53.6 Å². The normalized spacial score (nSPS) is 10.3. The van der Waals surface area contributed by atoms with Gasteiger partial charge in [0.2, 0.25) is 5.91 Å². The first kappa shape index (κ1) is 16.4. The molecule has 0 heterocycles. The summed E-state index contributed by atoms with van der Waals surface area (Å²) in [6.07, 6.45) is 0.491. The number of ether oxygens (including phenoxy) is 1. The van der Waals surface area contributed by atoms with Crippen molar-refractivity contribution in [3.63, 3.8) is 0 Å². The smallest absolute Gasteiger partial charge is 0.225 e. The number of carbonyl (C=O) groups excluding carboxylic acids is 1. The maximum atomic E-state index is 12.1. The number of nitrogens with one attached hydrogen (secondary N) is 1. The van der Waals surface area contributed by atoms with E-state index in [1.54, 1.807) is 18.9 Å². The van der Waals surface area contributed by atoms with Gasteiger partial charge in [0.1, 0.15) is 5.75 Å². The lowest BCUT2D eigenvalue weighted by atomic mass is 10.1. The zero-order valence-corrected chi connectivity index (χ0v) is 14.0. The largest absolute Gasteiger partial charge is 0.497 e. The van der Waals surface area contributed by atoms with E-state index in [-0.39, 0.29) is 5.91 Å². The second-order valence-electron chi connectivity index (χ2n) is 5.09. The topological polar surface area (TPSA) is 38.3 Å². The van der Waals surface area contributed by atoms with E-state index >= 15 is 0 Å². The molecule has 2 rings (SSSR count). The van der Waals surface area contributed by atoms with Crippen molar-refractivity contribution in [2.24, 2.45) is 0 Å². The van der Waals surface area contributed by atoms with Gasteiger partial charge < -0.3 is 10.1 Å². The lowest BCUT2D eigenvalue weighted by Gasteiger charge is -2.11. The standard InChI is InChI=1S/C18H21NO2S/c1-13-5-4-6-14(2)18(13)19-17(20)11-12-22-16-9-7-15(21-3)8-10-16/h4-10H,11-12H2,1-3H3,(H,19,20). The fraction of sp³-hybridized carbons (Fsp3) is 0.278. The van der Waals surface area contributed by atoms with Gasteiger partial charge in [-0.3, -0.25) is 4.79 Å². The minimum atomic E-state index is 0.0541. The van der Waals surface area contributed by atoms with E-state index in [9.17, 15) is 4.79 Å². The number of carbonyl (C=O) groups is 1. The molecule has 2 aromatic rings. The van der Waals surface area contributed by atoms with Crippen molar-refractivity contribution in [2.75, 3.05) is 18.2 Å². The molecular formula is C18H21NO2S. The van der Waals surface area contributed by atoms with Crippen LogP contribution in [0.4, 0.5) is 5.69 Å². The Kier molecular flexibility index (Phi) is 5.90. The van der Waals surface area contributed by atoms with Crippen molar-refractivity contribution in [1.82, 2.24) is 0 Å². The SMILES string of the molecule is COc1ccc(SCCC(=O)Nc2c(C)cccc2C)cc1. The van der Waals surface area contributed by atoms with Gasteiger partial charge in [-0.25, -0.2) is 0 Å². The van der Waals surface area contributed by atoms with Crippen LogP contribution in [0.5, 0.6) is 5.75 Å². The maximum Gasteiger partial charge on any atom is 0.225 e. The molecule has 0 aromatic heterocycles. The Morgan fingerprint density at radius 3 is 2.32 bits per heavy atom. The number of rotatable bonds is 6. The van der Waals surface area contributed by atoms with E-state index in [0.717, 1.165) is 33.2 Å². The first-order valence-corrected chi connectivity index (χ1v) is 8.21. The molecule has 3 nitrogen and oxygen atoms in total. The van der Waals surface area contributed by atoms with Crippen LogP contribution in [0.3, 0.4) is 0 Å². The molecule has 2 aromatic carbocycles. The van der Waals surface area contributed by atoms with Crippen molar-refractivity contribution in [2.45, 2.75) is 25.2 Å². The summed E-state index contributed by atoms with van der Waals surface area (Å²) in [5, 5.41) is 3.01. The molecule has 0 aliphatic rings. The number of benzene rings is 2. The molecule has 22 heavy (non-hydrogen) atoms. The molecule has 0 fully saturated rings. The lowest BCUT2D eigenvalue weighted by molar-refractivity contribution is -0.115. The highest BCUT2D eigenvalue weighted by molar-refractivity contribution is 7.99. The van der Waals surface area contributed by atoms with Crippen molar-refractivity contribution in [3.8, 4) is 5.75 Å². The Balaban J connectivity index is 1.82. The van der Waals surface area contributed by atoms with Gasteiger partial charge in [0.15, 0.2) is 0 Å². The number of hydrogen-bond acceptors (Lipinski definition) is 3. The number of anilines is 1. The molecule has 0 bridgehead atoms. The van der Waals surface area contributed by atoms with E-state index in [1.165, 1.54) is 0 Å². The molecule has 0 saturated carbocycles. The lowest BCUT2D eigenvalue weighted by Crippen LogP contribution is -2.14. The number of methoxy groups -OCH3 is 1. The zero-order valence-electron chi connectivity index (χ0n) is 13.2. The summed E-state index contributed by atoms with van der Waals surface area (Å²) in [6.45, 7) is 4.02. The van der Waals surface area contributed by atoms with Gasteiger partial charge in [0.05, 0.1) is 7.11 Å². The molecule has 0 radical (unpaired) electrons. The highest BCUT2D eigenvalue weighted by atomic mass is 32.2. The van der Waals surface area contributed by atoms with Gasteiger partial charge in [-0.15, -0.1) is 11.8 Å². The van der Waals surface area contributed by atoms with E-state index in [0.29, 0.717) is 6.42 Å². The summed E-state index contributed by atoms with van der Waals surface area (Å²) >= 11 is 1.67. The summed E-state index contributed by atoms with van der Waals surface area (Å²) in [4.78, 5) is 13.2. The molecule has 0 spiro atoms. The minimum absolute atomic E-state index is 0.0541. The molecule has 1 N–H and O–H groups in total. The van der Waals surface area contributed by atoms with E-state index in [1.807, 2.05) is 56.3 Å². The predicted octanol–water partition coefficient (Wildman–Crippen LogP) is 4.43. The molecule has 1 amide bonds. The third-order valence-corrected chi connectivity index (χ3v) is 4.42.